The van der Waals surface area contributed by atoms with Crippen molar-refractivity contribution in [1.82, 2.24) is 0 Å². The summed E-state index contributed by atoms with van der Waals surface area (Å²) in [5.41, 5.74) is 1.00. The molecule has 2 nitrogen and oxygen atoms in total. The van der Waals surface area contributed by atoms with Gasteiger partial charge in [0, 0.05) is 12.5 Å². The molecule has 1 heterocycles. The van der Waals surface area contributed by atoms with Gasteiger partial charge in [0.05, 0.1) is 6.61 Å². The molecular weight excluding hydrogens is 176 g/mol. The lowest BCUT2D eigenvalue weighted by Gasteiger charge is -2.06. The summed E-state index contributed by atoms with van der Waals surface area (Å²) in [5, 5.41) is 0. The van der Waals surface area contributed by atoms with Crippen molar-refractivity contribution < 1.29 is 9.53 Å². The molecule has 0 saturated carbocycles. The molecule has 0 aromatic carbocycles. The molecule has 80 valence electrons. The summed E-state index contributed by atoms with van der Waals surface area (Å²) in [5.74, 6) is 0.705. The number of carbonyl (C=O) groups excluding carboxylic acids is 1. The minimum absolute atomic E-state index is 0.227. The largest absolute Gasteiger partial charge is 0.381 e. The molecule has 1 aliphatic heterocycles. The van der Waals surface area contributed by atoms with Gasteiger partial charge in [-0.2, -0.15) is 0 Å². The van der Waals surface area contributed by atoms with Crippen molar-refractivity contribution in [2.24, 2.45) is 5.92 Å². The molecule has 0 radical (unpaired) electrons. The zero-order chi connectivity index (χ0) is 10.4. The Morgan fingerprint density at radius 1 is 1.57 bits per heavy atom. The third-order valence-electron chi connectivity index (χ3n) is 2.65. The second kappa shape index (κ2) is 5.97. The fraction of sp³-hybridized carbons (Fsp3) is 0.750. The van der Waals surface area contributed by atoms with Crippen molar-refractivity contribution >= 4 is 5.78 Å². The fourth-order valence-corrected chi connectivity index (χ4v) is 1.71. The van der Waals surface area contributed by atoms with Crippen LogP contribution in [-0.2, 0) is 9.53 Å². The lowest BCUT2D eigenvalue weighted by atomic mass is 9.99. The maximum atomic E-state index is 11.3. The Hall–Kier alpha value is -0.630. The normalized spacial score (nSPS) is 22.7. The quantitative estimate of drug-likeness (QED) is 0.632. The summed E-state index contributed by atoms with van der Waals surface area (Å²) in [6.45, 7) is 5.46. The second-order valence-corrected chi connectivity index (χ2v) is 3.98. The highest BCUT2D eigenvalue weighted by atomic mass is 16.5. The molecule has 1 saturated heterocycles. The molecule has 1 fully saturated rings. The van der Waals surface area contributed by atoms with E-state index >= 15 is 0 Å². The molecule has 0 N–H and O–H groups in total. The van der Waals surface area contributed by atoms with E-state index in [1.807, 2.05) is 0 Å². The van der Waals surface area contributed by atoms with E-state index in [1.165, 1.54) is 0 Å². The smallest absolute Gasteiger partial charge is 0.155 e. The van der Waals surface area contributed by atoms with E-state index in [2.05, 4.69) is 13.0 Å². The summed E-state index contributed by atoms with van der Waals surface area (Å²) < 4.78 is 5.29. The number of carbonyl (C=O) groups is 1. The number of hydrogen-bond acceptors (Lipinski definition) is 2. The maximum Gasteiger partial charge on any atom is 0.155 e. The topological polar surface area (TPSA) is 26.3 Å². The third kappa shape index (κ3) is 3.62. The van der Waals surface area contributed by atoms with Gasteiger partial charge < -0.3 is 4.74 Å². The van der Waals surface area contributed by atoms with Gasteiger partial charge in [0.1, 0.15) is 0 Å². The summed E-state index contributed by atoms with van der Waals surface area (Å²) in [6.07, 6.45) is 6.39. The monoisotopic (exact) mass is 196 g/mol. The second-order valence-electron chi connectivity index (χ2n) is 3.98. The predicted molar refractivity (Wildman–Crippen MR) is 57.2 cm³/mol. The first-order valence-electron chi connectivity index (χ1n) is 5.53. The molecule has 14 heavy (non-hydrogen) atoms. The number of unbranched alkanes of at least 4 members (excludes halogenated alkanes) is 1. The first kappa shape index (κ1) is 11.4. The Labute approximate surface area is 86.3 Å². The Kier molecular flexibility index (Phi) is 4.88. The Bertz CT molecular complexity index is 212. The molecule has 0 amide bonds. The van der Waals surface area contributed by atoms with Crippen LogP contribution < -0.4 is 0 Å². The summed E-state index contributed by atoms with van der Waals surface area (Å²) in [7, 11) is 0. The fourth-order valence-electron chi connectivity index (χ4n) is 1.71. The Morgan fingerprint density at radius 2 is 2.36 bits per heavy atom. The van der Waals surface area contributed by atoms with E-state index in [0.717, 1.165) is 44.5 Å². The minimum Gasteiger partial charge on any atom is -0.381 e. The molecule has 0 spiro atoms. The van der Waals surface area contributed by atoms with E-state index in [0.29, 0.717) is 5.92 Å². The summed E-state index contributed by atoms with van der Waals surface area (Å²) >= 11 is 0. The van der Waals surface area contributed by atoms with Crippen LogP contribution in [0.3, 0.4) is 0 Å². The van der Waals surface area contributed by atoms with Crippen molar-refractivity contribution in [2.45, 2.75) is 39.5 Å². The van der Waals surface area contributed by atoms with Gasteiger partial charge in [0.15, 0.2) is 5.78 Å². The van der Waals surface area contributed by atoms with Gasteiger partial charge in [-0.1, -0.05) is 19.4 Å². The van der Waals surface area contributed by atoms with Gasteiger partial charge in [-0.25, -0.2) is 0 Å². The highest BCUT2D eigenvalue weighted by Gasteiger charge is 2.15. The van der Waals surface area contributed by atoms with Crippen LogP contribution in [0.1, 0.15) is 39.5 Å². The van der Waals surface area contributed by atoms with Crippen molar-refractivity contribution in [2.75, 3.05) is 13.2 Å². The first-order valence-corrected chi connectivity index (χ1v) is 5.53. The lowest BCUT2D eigenvalue weighted by Crippen LogP contribution is -2.02. The van der Waals surface area contributed by atoms with E-state index in [-0.39, 0.29) is 5.78 Å². The Balaban J connectivity index is 2.51. The molecule has 0 bridgehead atoms. The number of allylic oxidation sites excluding steroid dienone is 1. The van der Waals surface area contributed by atoms with Gasteiger partial charge in [-0.15, -0.1) is 0 Å². The van der Waals surface area contributed by atoms with Crippen LogP contribution in [0, 0.1) is 5.92 Å². The standard InChI is InChI=1S/C12H20O2/c1-3-4-5-12(10(2)13)8-11-6-7-14-9-11/h8,11H,3-7,9H2,1-2H3/b12-8+. The molecule has 1 rings (SSSR count). The Morgan fingerprint density at radius 3 is 2.86 bits per heavy atom. The molecule has 0 aromatic heterocycles. The molecule has 2 heteroatoms. The van der Waals surface area contributed by atoms with E-state index in [1.54, 1.807) is 6.92 Å². The predicted octanol–water partition coefficient (Wildman–Crippen LogP) is 2.73. The lowest BCUT2D eigenvalue weighted by molar-refractivity contribution is -0.113. The van der Waals surface area contributed by atoms with Crippen LogP contribution in [0.25, 0.3) is 0 Å². The maximum absolute atomic E-state index is 11.3. The van der Waals surface area contributed by atoms with Crippen LogP contribution in [0.4, 0.5) is 0 Å². The number of hydrogen-bond donors (Lipinski definition) is 0. The number of ether oxygens (including phenoxy) is 1. The van der Waals surface area contributed by atoms with Gasteiger partial charge in [-0.3, -0.25) is 4.79 Å². The van der Waals surface area contributed by atoms with Gasteiger partial charge in [0.2, 0.25) is 0 Å². The molecule has 1 atom stereocenters. The number of rotatable bonds is 5. The summed E-state index contributed by atoms with van der Waals surface area (Å²) in [4.78, 5) is 11.3. The first-order chi connectivity index (χ1) is 6.74. The zero-order valence-electron chi connectivity index (χ0n) is 9.21. The minimum atomic E-state index is 0.227. The highest BCUT2D eigenvalue weighted by molar-refractivity contribution is 5.93. The zero-order valence-corrected chi connectivity index (χ0v) is 9.21. The van der Waals surface area contributed by atoms with Crippen LogP contribution in [0.2, 0.25) is 0 Å². The summed E-state index contributed by atoms with van der Waals surface area (Å²) in [6, 6.07) is 0. The average molecular weight is 196 g/mol. The number of ketones is 1. The van der Waals surface area contributed by atoms with Crippen LogP contribution in [0.5, 0.6) is 0 Å². The van der Waals surface area contributed by atoms with Crippen LogP contribution in [0.15, 0.2) is 11.6 Å². The highest BCUT2D eigenvalue weighted by Crippen LogP contribution is 2.18. The van der Waals surface area contributed by atoms with Crippen LogP contribution >= 0.6 is 0 Å². The van der Waals surface area contributed by atoms with Crippen molar-refractivity contribution in [3.05, 3.63) is 11.6 Å². The van der Waals surface area contributed by atoms with Crippen molar-refractivity contribution in [1.29, 1.82) is 0 Å². The van der Waals surface area contributed by atoms with Gasteiger partial charge in [0.25, 0.3) is 0 Å². The SMILES string of the molecule is CCCC/C(=C\C1CCOC1)C(C)=O. The molecule has 1 unspecified atom stereocenters. The molecular formula is C12H20O2. The third-order valence-corrected chi connectivity index (χ3v) is 2.65. The van der Waals surface area contributed by atoms with Crippen LogP contribution in [-0.4, -0.2) is 19.0 Å². The van der Waals surface area contributed by atoms with E-state index in [9.17, 15) is 4.79 Å². The van der Waals surface area contributed by atoms with E-state index in [4.69, 9.17) is 4.74 Å². The molecule has 0 aromatic rings. The van der Waals surface area contributed by atoms with E-state index < -0.39 is 0 Å². The van der Waals surface area contributed by atoms with Gasteiger partial charge >= 0.3 is 0 Å². The van der Waals surface area contributed by atoms with Crippen molar-refractivity contribution in [3.63, 3.8) is 0 Å². The number of Topliss-reactive ketones (excluding diaryl/α,β-unsaturated/α-hetero) is 1. The molecule has 0 aliphatic carbocycles. The molecule has 1 aliphatic rings. The van der Waals surface area contributed by atoms with Gasteiger partial charge in [-0.05, 0) is 31.8 Å². The van der Waals surface area contributed by atoms with Crippen molar-refractivity contribution in [3.8, 4) is 0 Å². The average Bonchev–Trinajstić information content (AvgIpc) is 2.64.